The molecular weight excluding hydrogens is 549 g/mol. The lowest BCUT2D eigenvalue weighted by Gasteiger charge is -2.33. The van der Waals surface area contributed by atoms with Crippen LogP contribution in [0.4, 0.5) is 11.4 Å². The van der Waals surface area contributed by atoms with Gasteiger partial charge in [0.2, 0.25) is 0 Å². The second kappa shape index (κ2) is 10.8. The lowest BCUT2D eigenvalue weighted by Crippen LogP contribution is -2.25. The lowest BCUT2D eigenvalue weighted by atomic mass is 9.80. The quantitative estimate of drug-likeness (QED) is 0.337. The van der Waals surface area contributed by atoms with E-state index in [1.807, 2.05) is 23.5 Å². The van der Waals surface area contributed by atoms with Crippen LogP contribution in [0, 0.1) is 0 Å². The fourth-order valence-corrected chi connectivity index (χ4v) is 7.59. The molecule has 2 aromatic carbocycles. The maximum Gasteiger partial charge on any atom is 0.116 e. The predicted molar refractivity (Wildman–Crippen MR) is 192 cm³/mol. The summed E-state index contributed by atoms with van der Waals surface area (Å²) in [7, 11) is 0. The van der Waals surface area contributed by atoms with Crippen molar-refractivity contribution in [3.05, 3.63) is 89.9 Å². The molecule has 0 radical (unpaired) electrons. The minimum Gasteiger partial charge on any atom is -0.306 e. The largest absolute Gasteiger partial charge is 0.306 e. The van der Waals surface area contributed by atoms with Gasteiger partial charge in [-0.15, -0.1) is 0 Å². The molecule has 2 nitrogen and oxygen atoms in total. The molecule has 42 heavy (non-hydrogen) atoms. The molecule has 2 aliphatic heterocycles. The SMILES string of the molecule is CC1=C(C)N(c2cc(C(C)(C)C)cc(C(C)(C)C)c2)/C(=C2\SC(C)=C(C)N2c2cc(C(C)(C)C)cc(C(C)(C)C)c2)S1. The van der Waals surface area contributed by atoms with E-state index >= 15 is 0 Å². The molecule has 0 N–H and O–H groups in total. The highest BCUT2D eigenvalue weighted by Gasteiger charge is 2.36. The van der Waals surface area contributed by atoms with Gasteiger partial charge in [0.05, 0.1) is 0 Å². The molecule has 2 aliphatic rings. The third-order valence-corrected chi connectivity index (χ3v) is 11.1. The molecule has 0 saturated carbocycles. The first-order chi connectivity index (χ1) is 19.0. The molecule has 0 fully saturated rings. The van der Waals surface area contributed by atoms with Gasteiger partial charge in [0.25, 0.3) is 0 Å². The highest BCUT2D eigenvalue weighted by molar-refractivity contribution is 8.10. The first kappa shape index (κ1) is 32.9. The normalized spacial score (nSPS) is 19.1. The summed E-state index contributed by atoms with van der Waals surface area (Å²) >= 11 is 3.84. The number of anilines is 2. The zero-order valence-electron chi connectivity index (χ0n) is 29.2. The van der Waals surface area contributed by atoms with Gasteiger partial charge in [-0.3, -0.25) is 0 Å². The highest BCUT2D eigenvalue weighted by atomic mass is 32.2. The summed E-state index contributed by atoms with van der Waals surface area (Å²) < 4.78 is 0. The van der Waals surface area contributed by atoms with E-state index < -0.39 is 0 Å². The van der Waals surface area contributed by atoms with Crippen LogP contribution in [-0.2, 0) is 21.7 Å². The Hall–Kier alpha value is -2.04. The van der Waals surface area contributed by atoms with E-state index in [2.05, 4.69) is 157 Å². The van der Waals surface area contributed by atoms with Crippen molar-refractivity contribution >= 4 is 34.9 Å². The van der Waals surface area contributed by atoms with Crippen molar-refractivity contribution in [3.63, 3.8) is 0 Å². The second-order valence-electron chi connectivity index (χ2n) is 16.3. The van der Waals surface area contributed by atoms with Gasteiger partial charge in [0.15, 0.2) is 0 Å². The molecule has 4 rings (SSSR count). The summed E-state index contributed by atoms with van der Waals surface area (Å²) in [5.41, 5.74) is 10.9. The van der Waals surface area contributed by atoms with Crippen LogP contribution in [0.5, 0.6) is 0 Å². The molecule has 0 amide bonds. The third kappa shape index (κ3) is 6.41. The van der Waals surface area contributed by atoms with Gasteiger partial charge < -0.3 is 9.80 Å². The molecule has 0 bridgehead atoms. The number of rotatable bonds is 2. The summed E-state index contributed by atoms with van der Waals surface area (Å²) in [6.45, 7) is 37.0. The minimum absolute atomic E-state index is 0.0580. The zero-order chi connectivity index (χ0) is 31.7. The van der Waals surface area contributed by atoms with Gasteiger partial charge in [0, 0.05) is 32.6 Å². The van der Waals surface area contributed by atoms with Crippen LogP contribution >= 0.6 is 23.5 Å². The first-order valence-electron chi connectivity index (χ1n) is 15.4. The third-order valence-electron chi connectivity index (χ3n) is 8.59. The molecule has 0 atom stereocenters. The number of benzene rings is 2. The Bertz CT molecular complexity index is 1310. The van der Waals surface area contributed by atoms with Gasteiger partial charge in [-0.1, -0.05) is 119 Å². The van der Waals surface area contributed by atoms with Crippen molar-refractivity contribution in [1.82, 2.24) is 0 Å². The summed E-state index contributed by atoms with van der Waals surface area (Å²) in [5, 5.41) is 2.60. The monoisotopic (exact) mass is 602 g/mol. The van der Waals surface area contributed by atoms with Crippen LogP contribution in [0.2, 0.25) is 0 Å². The maximum atomic E-state index is 2.53. The molecule has 2 aromatic rings. The highest BCUT2D eigenvalue weighted by Crippen LogP contribution is 2.54. The molecular formula is C38H54N2S2. The fourth-order valence-electron chi connectivity index (χ4n) is 5.26. The van der Waals surface area contributed by atoms with E-state index in [-0.39, 0.29) is 21.7 Å². The van der Waals surface area contributed by atoms with Crippen LogP contribution in [0.15, 0.2) is 67.7 Å². The molecule has 2 heterocycles. The fraction of sp³-hybridized carbons (Fsp3) is 0.526. The van der Waals surface area contributed by atoms with Crippen molar-refractivity contribution in [1.29, 1.82) is 0 Å². The smallest absolute Gasteiger partial charge is 0.116 e. The Morgan fingerprint density at radius 1 is 0.405 bits per heavy atom. The van der Waals surface area contributed by atoms with E-state index in [1.54, 1.807) is 0 Å². The van der Waals surface area contributed by atoms with Gasteiger partial charge in [-0.2, -0.15) is 0 Å². The summed E-state index contributed by atoms with van der Waals surface area (Å²) in [6.07, 6.45) is 0. The van der Waals surface area contributed by atoms with Gasteiger partial charge >= 0.3 is 0 Å². The van der Waals surface area contributed by atoms with Crippen molar-refractivity contribution in [2.24, 2.45) is 0 Å². The molecule has 0 aliphatic carbocycles. The molecule has 0 spiro atoms. The second-order valence-corrected chi connectivity index (χ2v) is 18.7. The van der Waals surface area contributed by atoms with E-state index in [1.165, 1.54) is 64.9 Å². The number of thioether (sulfide) groups is 2. The predicted octanol–water partition coefficient (Wildman–Crippen LogP) is 12.3. The van der Waals surface area contributed by atoms with Crippen LogP contribution in [0.25, 0.3) is 0 Å². The van der Waals surface area contributed by atoms with Gasteiger partial charge in [-0.05, 0) is 95.9 Å². The van der Waals surface area contributed by atoms with Crippen LogP contribution < -0.4 is 9.80 Å². The van der Waals surface area contributed by atoms with Crippen LogP contribution in [0.3, 0.4) is 0 Å². The van der Waals surface area contributed by atoms with Gasteiger partial charge in [-0.25, -0.2) is 0 Å². The summed E-state index contributed by atoms with van der Waals surface area (Å²) in [5.74, 6) is 0. The van der Waals surface area contributed by atoms with Crippen molar-refractivity contribution < 1.29 is 0 Å². The van der Waals surface area contributed by atoms with Crippen molar-refractivity contribution in [3.8, 4) is 0 Å². The van der Waals surface area contributed by atoms with Crippen molar-refractivity contribution in [2.75, 3.05) is 9.80 Å². The summed E-state index contributed by atoms with van der Waals surface area (Å²) in [4.78, 5) is 7.78. The first-order valence-corrected chi connectivity index (χ1v) is 17.0. The lowest BCUT2D eigenvalue weighted by molar-refractivity contribution is 0.568. The Morgan fingerprint density at radius 2 is 0.643 bits per heavy atom. The number of nitrogens with zero attached hydrogens (tertiary/aromatic N) is 2. The topological polar surface area (TPSA) is 6.48 Å². The molecule has 0 saturated heterocycles. The average Bonchev–Trinajstić information content (AvgIpc) is 3.31. The Morgan fingerprint density at radius 3 is 0.857 bits per heavy atom. The van der Waals surface area contributed by atoms with Crippen LogP contribution in [0.1, 0.15) is 133 Å². The van der Waals surface area contributed by atoms with E-state index in [0.29, 0.717) is 0 Å². The summed E-state index contributed by atoms with van der Waals surface area (Å²) in [6, 6.07) is 14.5. The zero-order valence-corrected chi connectivity index (χ0v) is 30.8. The Labute approximate surface area is 266 Å². The molecule has 0 aromatic heterocycles. The van der Waals surface area contributed by atoms with E-state index in [0.717, 1.165) is 0 Å². The molecule has 0 unspecified atom stereocenters. The maximum absolute atomic E-state index is 2.53. The number of hydrogen-bond acceptors (Lipinski definition) is 4. The van der Waals surface area contributed by atoms with Crippen LogP contribution in [-0.4, -0.2) is 0 Å². The average molecular weight is 603 g/mol. The Kier molecular flexibility index (Phi) is 8.48. The Balaban J connectivity index is 2.00. The number of hydrogen-bond donors (Lipinski definition) is 0. The van der Waals surface area contributed by atoms with E-state index in [4.69, 9.17) is 0 Å². The number of allylic oxidation sites excluding steroid dienone is 4. The van der Waals surface area contributed by atoms with Crippen molar-refractivity contribution in [2.45, 2.75) is 132 Å². The van der Waals surface area contributed by atoms with E-state index in [9.17, 15) is 0 Å². The minimum atomic E-state index is 0.0580. The van der Waals surface area contributed by atoms with Gasteiger partial charge in [0.1, 0.15) is 10.1 Å². The molecule has 228 valence electrons. The molecule has 4 heteroatoms. The standard InChI is InChI=1S/C38H54N2S2/c1-23-25(3)41-33(39(23)31-19-27(35(5,6)7)17-28(20-31)36(8,9)10)34-40(24(2)26(4)42-34)32-21-29(37(11,12)13)18-30(22-32)38(14,15)16/h17-22H,1-16H3/b34-33+.